The van der Waals surface area contributed by atoms with Crippen LogP contribution in [0.1, 0.15) is 61.0 Å². The van der Waals surface area contributed by atoms with E-state index in [-0.39, 0.29) is 17.9 Å². The average molecular weight is 569 g/mol. The van der Waals surface area contributed by atoms with E-state index in [0.29, 0.717) is 47.3 Å². The normalized spacial score (nSPS) is 14.6. The van der Waals surface area contributed by atoms with Crippen LogP contribution < -0.4 is 20.7 Å². The maximum absolute atomic E-state index is 13.5. The molecule has 0 aromatic heterocycles. The second kappa shape index (κ2) is 15.5. The largest absolute Gasteiger partial charge is 0.495 e. The molecule has 2 aromatic rings. The smallest absolute Gasteiger partial charge is 0.255 e. The molecule has 1 aliphatic rings. The van der Waals surface area contributed by atoms with Crippen molar-refractivity contribution in [2.45, 2.75) is 45.6 Å². The zero-order valence-electron chi connectivity index (χ0n) is 25.5. The Hall–Kier alpha value is -4.52. The number of likely N-dealkylation sites (tertiary alicyclic amines) is 1. The van der Waals surface area contributed by atoms with E-state index in [9.17, 15) is 9.59 Å². The second-order valence-corrected chi connectivity index (χ2v) is 10.6. The van der Waals surface area contributed by atoms with Gasteiger partial charge in [0.2, 0.25) is 0 Å². The Morgan fingerprint density at radius 3 is 2.29 bits per heavy atom. The van der Waals surface area contributed by atoms with Gasteiger partial charge in [-0.25, -0.2) is 0 Å². The minimum Gasteiger partial charge on any atom is -0.495 e. The number of benzene rings is 2. The second-order valence-electron chi connectivity index (χ2n) is 10.6. The van der Waals surface area contributed by atoms with Crippen LogP contribution >= 0.6 is 0 Å². The van der Waals surface area contributed by atoms with E-state index in [2.05, 4.69) is 53.4 Å². The molecule has 0 unspecified atom stereocenters. The Kier molecular flexibility index (Phi) is 11.8. The first-order chi connectivity index (χ1) is 20.2. The van der Waals surface area contributed by atoms with Gasteiger partial charge in [-0.2, -0.15) is 0 Å². The molecule has 3 N–H and O–H groups in total. The SMILES string of the molecule is C=C/C(=C\NC)c1ccc(C2CCN(C(=O)c3ccc(OC)c(NC(=O)C(/C=C\C(=C)NC(C)C)=C/C)c3)CC2)cc1. The number of carbonyl (C=O) groups excluding carboxylic acids is 2. The molecule has 2 aromatic carbocycles. The van der Waals surface area contributed by atoms with Crippen molar-refractivity contribution in [3.63, 3.8) is 0 Å². The van der Waals surface area contributed by atoms with Crippen LogP contribution in [-0.4, -0.2) is 50.0 Å². The number of piperidine rings is 1. The number of ether oxygens (including phenoxy) is 1. The highest BCUT2D eigenvalue weighted by molar-refractivity contribution is 6.07. The maximum Gasteiger partial charge on any atom is 0.255 e. The topological polar surface area (TPSA) is 82.7 Å². The molecule has 42 heavy (non-hydrogen) atoms. The molecular formula is C35H44N4O3. The number of nitrogens with one attached hydrogen (secondary N) is 3. The third-order valence-electron chi connectivity index (χ3n) is 7.22. The highest BCUT2D eigenvalue weighted by atomic mass is 16.5. The third-order valence-corrected chi connectivity index (χ3v) is 7.22. The fourth-order valence-electron chi connectivity index (χ4n) is 5.01. The van der Waals surface area contributed by atoms with Gasteiger partial charge in [0.15, 0.2) is 0 Å². The molecule has 0 atom stereocenters. The number of hydrogen-bond acceptors (Lipinski definition) is 5. The number of hydrogen-bond donors (Lipinski definition) is 3. The summed E-state index contributed by atoms with van der Waals surface area (Å²) in [6, 6.07) is 14.0. The van der Waals surface area contributed by atoms with Gasteiger partial charge >= 0.3 is 0 Å². The van der Waals surface area contributed by atoms with Crippen molar-refractivity contribution >= 4 is 23.1 Å². The summed E-state index contributed by atoms with van der Waals surface area (Å²) < 4.78 is 5.47. The summed E-state index contributed by atoms with van der Waals surface area (Å²) in [6.45, 7) is 15.0. The molecule has 0 spiro atoms. The van der Waals surface area contributed by atoms with Gasteiger partial charge in [0, 0.05) is 49.2 Å². The summed E-state index contributed by atoms with van der Waals surface area (Å²) in [4.78, 5) is 28.4. The molecule has 1 heterocycles. The van der Waals surface area contributed by atoms with Gasteiger partial charge in [-0.05, 0) is 86.6 Å². The Balaban J connectivity index is 1.66. The van der Waals surface area contributed by atoms with Crippen LogP contribution in [0, 0.1) is 0 Å². The van der Waals surface area contributed by atoms with Gasteiger partial charge in [-0.1, -0.05) is 49.6 Å². The van der Waals surface area contributed by atoms with Gasteiger partial charge in [-0.15, -0.1) is 0 Å². The first-order valence-electron chi connectivity index (χ1n) is 14.4. The van der Waals surface area contributed by atoms with E-state index in [1.165, 1.54) is 12.7 Å². The van der Waals surface area contributed by atoms with Crippen LogP contribution in [-0.2, 0) is 4.79 Å². The lowest BCUT2D eigenvalue weighted by atomic mass is 9.88. The molecule has 0 bridgehead atoms. The van der Waals surface area contributed by atoms with E-state index in [1.54, 1.807) is 43.4 Å². The first-order valence-corrected chi connectivity index (χ1v) is 14.4. The summed E-state index contributed by atoms with van der Waals surface area (Å²) in [5.41, 5.74) is 5.58. The summed E-state index contributed by atoms with van der Waals surface area (Å²) in [5.74, 6) is 0.518. The molecule has 7 nitrogen and oxygen atoms in total. The quantitative estimate of drug-likeness (QED) is 0.204. The minimum absolute atomic E-state index is 0.0583. The monoisotopic (exact) mass is 568 g/mol. The standard InChI is InChI=1S/C35H44N4O3/c1-8-26(11-10-25(5)37-24(3)4)34(40)38-32-22-31(16-17-33(32)42-7)35(41)39-20-18-30(19-21-39)29-14-12-28(13-15-29)27(9-2)23-36-6/h8-17,22-24,30,36-37H,2,5,18-21H2,1,3-4,6-7H3,(H,38,40)/b11-10-,26-8+,27-23+. The molecule has 1 aliphatic heterocycles. The van der Waals surface area contributed by atoms with Crippen LogP contribution in [0.3, 0.4) is 0 Å². The van der Waals surface area contributed by atoms with Crippen molar-refractivity contribution in [1.29, 1.82) is 0 Å². The predicted molar refractivity (Wildman–Crippen MR) is 173 cm³/mol. The lowest BCUT2D eigenvalue weighted by Crippen LogP contribution is -2.38. The van der Waals surface area contributed by atoms with Crippen LogP contribution in [0.2, 0.25) is 0 Å². The number of nitrogens with zero attached hydrogens (tertiary/aromatic N) is 1. The van der Waals surface area contributed by atoms with Crippen LogP contribution in [0.25, 0.3) is 5.57 Å². The fraction of sp³-hybridized carbons (Fsp3) is 0.314. The Morgan fingerprint density at radius 2 is 1.71 bits per heavy atom. The average Bonchev–Trinajstić information content (AvgIpc) is 2.99. The zero-order chi connectivity index (χ0) is 30.6. The molecule has 3 rings (SSSR count). The molecule has 0 saturated carbocycles. The highest BCUT2D eigenvalue weighted by Gasteiger charge is 2.25. The van der Waals surface area contributed by atoms with Crippen molar-refractivity contribution in [3.05, 3.63) is 114 Å². The Labute approximate surface area is 250 Å². The van der Waals surface area contributed by atoms with Crippen molar-refractivity contribution in [2.24, 2.45) is 0 Å². The molecule has 222 valence electrons. The minimum atomic E-state index is -0.303. The van der Waals surface area contributed by atoms with Crippen molar-refractivity contribution in [1.82, 2.24) is 15.5 Å². The number of methoxy groups -OCH3 is 1. The molecule has 1 fully saturated rings. The molecule has 1 saturated heterocycles. The summed E-state index contributed by atoms with van der Waals surface area (Å²) in [6.07, 6.45) is 10.8. The molecule has 2 amide bonds. The third kappa shape index (κ3) is 8.49. The van der Waals surface area contributed by atoms with Crippen LogP contribution in [0.5, 0.6) is 5.75 Å². The Morgan fingerprint density at radius 1 is 1.05 bits per heavy atom. The van der Waals surface area contributed by atoms with Gasteiger partial charge in [0.25, 0.3) is 11.8 Å². The van der Waals surface area contributed by atoms with Crippen LogP contribution in [0.4, 0.5) is 5.69 Å². The number of carbonyl (C=O) groups is 2. The first kappa shape index (κ1) is 32.0. The number of rotatable bonds is 12. The van der Waals surface area contributed by atoms with Crippen molar-refractivity contribution in [2.75, 3.05) is 32.6 Å². The molecular weight excluding hydrogens is 524 g/mol. The van der Waals surface area contributed by atoms with Gasteiger partial charge in [0.1, 0.15) is 5.75 Å². The van der Waals surface area contributed by atoms with Gasteiger partial charge in [0.05, 0.1) is 12.8 Å². The fourth-order valence-corrected chi connectivity index (χ4v) is 5.01. The molecule has 7 heteroatoms. The maximum atomic E-state index is 13.5. The highest BCUT2D eigenvalue weighted by Crippen LogP contribution is 2.31. The van der Waals surface area contributed by atoms with E-state index < -0.39 is 0 Å². The van der Waals surface area contributed by atoms with E-state index in [1.807, 2.05) is 38.1 Å². The summed E-state index contributed by atoms with van der Waals surface area (Å²) in [5, 5.41) is 9.16. The Bertz CT molecular complexity index is 1360. The summed E-state index contributed by atoms with van der Waals surface area (Å²) >= 11 is 0. The zero-order valence-corrected chi connectivity index (χ0v) is 25.5. The van der Waals surface area contributed by atoms with E-state index in [4.69, 9.17) is 4.74 Å². The van der Waals surface area contributed by atoms with Gasteiger partial charge in [-0.3, -0.25) is 9.59 Å². The number of allylic oxidation sites excluding steroid dienone is 4. The number of anilines is 1. The number of amides is 2. The molecule has 0 radical (unpaired) electrons. The van der Waals surface area contributed by atoms with Crippen molar-refractivity contribution in [3.8, 4) is 5.75 Å². The summed E-state index contributed by atoms with van der Waals surface area (Å²) in [7, 11) is 3.41. The van der Waals surface area contributed by atoms with E-state index in [0.717, 1.165) is 24.0 Å². The lowest BCUT2D eigenvalue weighted by Gasteiger charge is -2.32. The molecule has 0 aliphatic carbocycles. The predicted octanol–water partition coefficient (Wildman–Crippen LogP) is 6.41. The van der Waals surface area contributed by atoms with E-state index >= 15 is 0 Å². The van der Waals surface area contributed by atoms with Crippen molar-refractivity contribution < 1.29 is 14.3 Å². The van der Waals surface area contributed by atoms with Crippen LogP contribution in [0.15, 0.2) is 97.4 Å². The van der Waals surface area contributed by atoms with Gasteiger partial charge < -0.3 is 25.6 Å². The lowest BCUT2D eigenvalue weighted by molar-refractivity contribution is -0.112.